The molecule has 1 aliphatic carbocycles. The van der Waals surface area contributed by atoms with Crippen LogP contribution in [0.2, 0.25) is 0 Å². The number of rotatable bonds is 13. The summed E-state index contributed by atoms with van der Waals surface area (Å²) in [6.45, 7) is 3.59. The predicted molar refractivity (Wildman–Crippen MR) is 98.0 cm³/mol. The summed E-state index contributed by atoms with van der Waals surface area (Å²) in [4.78, 5) is 23.0. The van der Waals surface area contributed by atoms with Crippen molar-refractivity contribution in [3.8, 4) is 0 Å². The Labute approximate surface area is 145 Å². The van der Waals surface area contributed by atoms with E-state index in [2.05, 4.69) is 6.92 Å². The van der Waals surface area contributed by atoms with E-state index in [1.54, 1.807) is 11.8 Å². The van der Waals surface area contributed by atoms with Crippen LogP contribution in [-0.4, -0.2) is 27.7 Å². The normalized spacial score (nSPS) is 18.0. The number of aliphatic hydroxyl groups excluding tert-OH is 1. The zero-order chi connectivity index (χ0) is 17.1. The molecule has 0 aromatic rings. The fourth-order valence-corrected chi connectivity index (χ4v) is 4.20. The number of allylic oxidation sites excluding steroid dienone is 1. The molecule has 3 nitrogen and oxygen atoms in total. The number of carbonyl (C=O) groups is 2. The minimum absolute atomic E-state index is 0.0135. The summed E-state index contributed by atoms with van der Waals surface area (Å²) in [6.07, 6.45) is 13.4. The topological polar surface area (TPSA) is 54.4 Å². The molecular weight excluding hydrogens is 308 g/mol. The first-order valence-corrected chi connectivity index (χ1v) is 10.2. The molecule has 0 aromatic heterocycles. The molecule has 1 rings (SSSR count). The van der Waals surface area contributed by atoms with Crippen LogP contribution in [0, 0.1) is 0 Å². The Morgan fingerprint density at radius 1 is 1.04 bits per heavy atom. The standard InChI is InChI=1S/C19H32O3S/c1-3-4-5-6-7-8-9-10-11-12-13-23-17-14-16(21)18(15(2)20)19(17)22/h17,22H,3-14H2,1-2H3. The molecule has 0 aliphatic heterocycles. The molecule has 4 heteroatoms. The van der Waals surface area contributed by atoms with Crippen molar-refractivity contribution >= 4 is 23.3 Å². The fraction of sp³-hybridized carbons (Fsp3) is 0.789. The number of ketones is 2. The van der Waals surface area contributed by atoms with Gasteiger partial charge in [-0.15, -0.1) is 11.8 Å². The van der Waals surface area contributed by atoms with Gasteiger partial charge in [-0.3, -0.25) is 9.59 Å². The van der Waals surface area contributed by atoms with Gasteiger partial charge in [0.25, 0.3) is 0 Å². The lowest BCUT2D eigenvalue weighted by Crippen LogP contribution is -2.05. The molecule has 132 valence electrons. The second-order valence-corrected chi connectivity index (χ2v) is 7.80. The van der Waals surface area contributed by atoms with E-state index in [0.717, 1.165) is 12.2 Å². The maximum atomic E-state index is 11.7. The summed E-state index contributed by atoms with van der Waals surface area (Å²) < 4.78 is 0. The molecule has 0 radical (unpaired) electrons. The minimum atomic E-state index is -0.311. The van der Waals surface area contributed by atoms with Gasteiger partial charge in [-0.25, -0.2) is 0 Å². The molecule has 1 N–H and O–H groups in total. The quantitative estimate of drug-likeness (QED) is 0.361. The number of hydrogen-bond acceptors (Lipinski definition) is 4. The van der Waals surface area contributed by atoms with E-state index < -0.39 is 0 Å². The largest absolute Gasteiger partial charge is 0.510 e. The maximum Gasteiger partial charge on any atom is 0.171 e. The highest BCUT2D eigenvalue weighted by Gasteiger charge is 2.34. The number of hydrogen-bond donors (Lipinski definition) is 1. The van der Waals surface area contributed by atoms with Gasteiger partial charge in [0.1, 0.15) is 5.76 Å². The average molecular weight is 341 g/mol. The second kappa shape index (κ2) is 11.7. The van der Waals surface area contributed by atoms with Crippen LogP contribution in [0.15, 0.2) is 11.3 Å². The SMILES string of the molecule is CCCCCCCCCCCCSC1CC(=O)C(C(C)=O)=C1O. The predicted octanol–water partition coefficient (Wildman–Crippen LogP) is 5.38. The Morgan fingerprint density at radius 3 is 2.04 bits per heavy atom. The lowest BCUT2D eigenvalue weighted by molar-refractivity contribution is -0.119. The molecule has 0 aromatic carbocycles. The molecule has 1 atom stereocenters. The lowest BCUT2D eigenvalue weighted by atomic mass is 10.1. The summed E-state index contributed by atoms with van der Waals surface area (Å²) in [5, 5.41) is 9.77. The monoisotopic (exact) mass is 340 g/mol. The second-order valence-electron chi connectivity index (χ2n) is 6.49. The molecule has 0 amide bonds. The minimum Gasteiger partial charge on any atom is -0.510 e. The van der Waals surface area contributed by atoms with Gasteiger partial charge < -0.3 is 5.11 Å². The number of unbranched alkanes of at least 4 members (excludes halogenated alkanes) is 9. The third-order valence-electron chi connectivity index (χ3n) is 4.38. The van der Waals surface area contributed by atoms with Crippen LogP contribution in [0.5, 0.6) is 0 Å². The third kappa shape index (κ3) is 7.56. The van der Waals surface area contributed by atoms with Crippen molar-refractivity contribution in [2.45, 2.75) is 89.7 Å². The highest BCUT2D eigenvalue weighted by Crippen LogP contribution is 2.32. The fourth-order valence-electron chi connectivity index (χ4n) is 3.00. The molecular formula is C19H32O3S. The van der Waals surface area contributed by atoms with Crippen molar-refractivity contribution in [1.29, 1.82) is 0 Å². The molecule has 0 saturated carbocycles. The summed E-state index contributed by atoms with van der Waals surface area (Å²) in [6, 6.07) is 0. The smallest absolute Gasteiger partial charge is 0.171 e. The molecule has 0 bridgehead atoms. The van der Waals surface area contributed by atoms with Gasteiger partial charge in [-0.1, -0.05) is 64.7 Å². The van der Waals surface area contributed by atoms with Crippen LogP contribution in [0.1, 0.15) is 84.5 Å². The van der Waals surface area contributed by atoms with Gasteiger partial charge in [0.2, 0.25) is 0 Å². The first-order chi connectivity index (χ1) is 11.1. The molecule has 0 heterocycles. The van der Waals surface area contributed by atoms with Crippen molar-refractivity contribution in [2.75, 3.05) is 5.75 Å². The van der Waals surface area contributed by atoms with Crippen LogP contribution < -0.4 is 0 Å². The van der Waals surface area contributed by atoms with Gasteiger partial charge in [0, 0.05) is 6.42 Å². The molecule has 1 unspecified atom stereocenters. The van der Waals surface area contributed by atoms with E-state index in [0.29, 0.717) is 0 Å². The van der Waals surface area contributed by atoms with Gasteiger partial charge in [-0.2, -0.15) is 0 Å². The first-order valence-electron chi connectivity index (χ1n) is 9.16. The number of aliphatic hydroxyl groups is 1. The zero-order valence-corrected chi connectivity index (χ0v) is 15.6. The van der Waals surface area contributed by atoms with Crippen molar-refractivity contribution in [2.24, 2.45) is 0 Å². The molecule has 23 heavy (non-hydrogen) atoms. The van der Waals surface area contributed by atoms with Gasteiger partial charge >= 0.3 is 0 Å². The number of thioether (sulfide) groups is 1. The van der Waals surface area contributed by atoms with E-state index in [9.17, 15) is 14.7 Å². The van der Waals surface area contributed by atoms with Crippen molar-refractivity contribution in [1.82, 2.24) is 0 Å². The summed E-state index contributed by atoms with van der Waals surface area (Å²) >= 11 is 1.61. The third-order valence-corrected chi connectivity index (χ3v) is 5.70. The van der Waals surface area contributed by atoms with Gasteiger partial charge in [0.15, 0.2) is 11.6 Å². The van der Waals surface area contributed by atoms with Crippen LogP contribution in [-0.2, 0) is 9.59 Å². The van der Waals surface area contributed by atoms with E-state index in [1.807, 2.05) is 0 Å². The number of carbonyl (C=O) groups excluding carboxylic acids is 2. The average Bonchev–Trinajstić information content (AvgIpc) is 2.79. The van der Waals surface area contributed by atoms with E-state index in [4.69, 9.17) is 0 Å². The Bertz CT molecular complexity index is 415. The Morgan fingerprint density at radius 2 is 1.57 bits per heavy atom. The molecule has 1 aliphatic rings. The van der Waals surface area contributed by atoms with Crippen molar-refractivity contribution in [3.05, 3.63) is 11.3 Å². The Kier molecular flexibility index (Phi) is 10.3. The number of Topliss-reactive ketones (excluding diaryl/α,β-unsaturated/α-hetero) is 2. The summed E-state index contributed by atoms with van der Waals surface area (Å²) in [5.41, 5.74) is 0.0329. The van der Waals surface area contributed by atoms with Gasteiger partial charge in [-0.05, 0) is 19.1 Å². The molecule has 0 saturated heterocycles. The van der Waals surface area contributed by atoms with Crippen molar-refractivity contribution < 1.29 is 14.7 Å². The van der Waals surface area contributed by atoms with E-state index in [1.165, 1.54) is 64.7 Å². The van der Waals surface area contributed by atoms with E-state index >= 15 is 0 Å². The van der Waals surface area contributed by atoms with Crippen LogP contribution in [0.3, 0.4) is 0 Å². The van der Waals surface area contributed by atoms with Gasteiger partial charge in [0.05, 0.1) is 10.8 Å². The molecule has 0 spiro atoms. The lowest BCUT2D eigenvalue weighted by Gasteiger charge is -2.09. The molecule has 0 fully saturated rings. The zero-order valence-electron chi connectivity index (χ0n) is 14.7. The van der Waals surface area contributed by atoms with E-state index in [-0.39, 0.29) is 34.6 Å². The van der Waals surface area contributed by atoms with Crippen molar-refractivity contribution in [3.63, 3.8) is 0 Å². The Balaban J connectivity index is 2.02. The van der Waals surface area contributed by atoms with Crippen LogP contribution in [0.25, 0.3) is 0 Å². The maximum absolute atomic E-state index is 11.7. The summed E-state index contributed by atoms with van der Waals surface area (Å²) in [5.74, 6) is 0.452. The first kappa shape index (κ1) is 20.3. The van der Waals surface area contributed by atoms with Crippen LogP contribution >= 0.6 is 11.8 Å². The highest BCUT2D eigenvalue weighted by atomic mass is 32.2. The Hall–Kier alpha value is -0.770. The summed E-state index contributed by atoms with van der Waals surface area (Å²) in [7, 11) is 0. The highest BCUT2D eigenvalue weighted by molar-refractivity contribution is 8.00. The van der Waals surface area contributed by atoms with Crippen LogP contribution in [0.4, 0.5) is 0 Å².